The van der Waals surface area contributed by atoms with Crippen LogP contribution in [-0.4, -0.2) is 29.8 Å². The minimum absolute atomic E-state index is 0.151. The maximum atomic E-state index is 8.74. The number of nitrogens with zero attached hydrogens (tertiary/aromatic N) is 1. The molecule has 1 aromatic heterocycles. The molecule has 1 heterocycles. The van der Waals surface area contributed by atoms with Gasteiger partial charge in [0.25, 0.3) is 0 Å². The van der Waals surface area contributed by atoms with Crippen molar-refractivity contribution in [2.75, 3.05) is 19.8 Å². The summed E-state index contributed by atoms with van der Waals surface area (Å²) in [5.41, 5.74) is 5.52. The van der Waals surface area contributed by atoms with E-state index >= 15 is 0 Å². The Morgan fingerprint density at radius 2 is 2.43 bits per heavy atom. The SMILES string of the molecule is NCC(CCO)COc1cccnc1. The van der Waals surface area contributed by atoms with E-state index in [4.69, 9.17) is 15.6 Å². The van der Waals surface area contributed by atoms with Crippen LogP contribution < -0.4 is 10.5 Å². The lowest BCUT2D eigenvalue weighted by atomic mass is 10.1. The molecule has 4 heteroatoms. The average Bonchev–Trinajstić information content (AvgIpc) is 2.25. The Hall–Kier alpha value is -1.13. The number of aromatic nitrogens is 1. The van der Waals surface area contributed by atoms with Crippen LogP contribution in [-0.2, 0) is 0 Å². The van der Waals surface area contributed by atoms with Crippen LogP contribution in [0.25, 0.3) is 0 Å². The van der Waals surface area contributed by atoms with E-state index in [2.05, 4.69) is 4.98 Å². The molecule has 0 bridgehead atoms. The Balaban J connectivity index is 2.32. The fourth-order valence-electron chi connectivity index (χ4n) is 1.10. The van der Waals surface area contributed by atoms with Gasteiger partial charge in [0.1, 0.15) is 5.75 Å². The first-order valence-corrected chi connectivity index (χ1v) is 4.70. The Morgan fingerprint density at radius 1 is 1.57 bits per heavy atom. The number of ether oxygens (including phenoxy) is 1. The predicted molar refractivity (Wildman–Crippen MR) is 54.0 cm³/mol. The lowest BCUT2D eigenvalue weighted by Gasteiger charge is -2.13. The normalized spacial score (nSPS) is 12.4. The lowest BCUT2D eigenvalue weighted by Crippen LogP contribution is -2.22. The smallest absolute Gasteiger partial charge is 0.137 e. The van der Waals surface area contributed by atoms with Crippen molar-refractivity contribution in [3.05, 3.63) is 24.5 Å². The van der Waals surface area contributed by atoms with Gasteiger partial charge in [-0.25, -0.2) is 0 Å². The third-order valence-electron chi connectivity index (χ3n) is 1.99. The van der Waals surface area contributed by atoms with Crippen molar-refractivity contribution in [2.45, 2.75) is 6.42 Å². The maximum absolute atomic E-state index is 8.74. The predicted octanol–water partition coefficient (Wildman–Crippen LogP) is 0.418. The Morgan fingerprint density at radius 3 is 3.00 bits per heavy atom. The molecule has 0 aliphatic rings. The van der Waals surface area contributed by atoms with Gasteiger partial charge < -0.3 is 15.6 Å². The van der Waals surface area contributed by atoms with Gasteiger partial charge in [-0.1, -0.05) is 0 Å². The van der Waals surface area contributed by atoms with E-state index in [1.165, 1.54) is 0 Å². The van der Waals surface area contributed by atoms with E-state index in [-0.39, 0.29) is 12.5 Å². The van der Waals surface area contributed by atoms with Gasteiger partial charge in [0.15, 0.2) is 0 Å². The minimum Gasteiger partial charge on any atom is -0.492 e. The summed E-state index contributed by atoms with van der Waals surface area (Å²) in [6.07, 6.45) is 4.03. The second-order valence-corrected chi connectivity index (χ2v) is 3.11. The van der Waals surface area contributed by atoms with Crippen LogP contribution in [0.4, 0.5) is 0 Å². The number of rotatable bonds is 6. The summed E-state index contributed by atoms with van der Waals surface area (Å²) < 4.78 is 5.46. The van der Waals surface area contributed by atoms with Crippen LogP contribution >= 0.6 is 0 Å². The minimum atomic E-state index is 0.151. The monoisotopic (exact) mass is 196 g/mol. The van der Waals surface area contributed by atoms with Crippen molar-refractivity contribution in [1.29, 1.82) is 0 Å². The molecule has 1 unspecified atom stereocenters. The van der Waals surface area contributed by atoms with Crippen LogP contribution in [0.5, 0.6) is 5.75 Å². The van der Waals surface area contributed by atoms with Crippen LogP contribution in [0, 0.1) is 5.92 Å². The van der Waals surface area contributed by atoms with Crippen LogP contribution in [0.15, 0.2) is 24.5 Å². The van der Waals surface area contributed by atoms with Crippen molar-refractivity contribution >= 4 is 0 Å². The van der Waals surface area contributed by atoms with E-state index in [9.17, 15) is 0 Å². The Bertz CT molecular complexity index is 241. The second kappa shape index (κ2) is 6.34. The first-order valence-electron chi connectivity index (χ1n) is 4.70. The van der Waals surface area contributed by atoms with Gasteiger partial charge >= 0.3 is 0 Å². The van der Waals surface area contributed by atoms with Crippen molar-refractivity contribution in [2.24, 2.45) is 11.7 Å². The molecule has 0 aliphatic heterocycles. The molecule has 0 saturated carbocycles. The molecule has 78 valence electrons. The highest BCUT2D eigenvalue weighted by Crippen LogP contribution is 2.09. The summed E-state index contributed by atoms with van der Waals surface area (Å²) in [4.78, 5) is 3.93. The Labute approximate surface area is 83.7 Å². The molecule has 0 saturated heterocycles. The van der Waals surface area contributed by atoms with Gasteiger partial charge in [-0.3, -0.25) is 4.98 Å². The van der Waals surface area contributed by atoms with Crippen LogP contribution in [0.2, 0.25) is 0 Å². The summed E-state index contributed by atoms with van der Waals surface area (Å²) >= 11 is 0. The number of aliphatic hydroxyl groups is 1. The number of aliphatic hydroxyl groups excluding tert-OH is 1. The first-order chi connectivity index (χ1) is 6.86. The number of hydrogen-bond acceptors (Lipinski definition) is 4. The van der Waals surface area contributed by atoms with Crippen molar-refractivity contribution in [3.8, 4) is 5.75 Å². The molecular formula is C10H16N2O2. The Kier molecular flexibility index (Phi) is 4.96. The first kappa shape index (κ1) is 10.9. The fraction of sp³-hybridized carbons (Fsp3) is 0.500. The largest absolute Gasteiger partial charge is 0.492 e. The summed E-state index contributed by atoms with van der Waals surface area (Å²) in [5.74, 6) is 0.948. The molecular weight excluding hydrogens is 180 g/mol. The van der Waals surface area contributed by atoms with Gasteiger partial charge in [-0.2, -0.15) is 0 Å². The fourth-order valence-corrected chi connectivity index (χ4v) is 1.10. The van der Waals surface area contributed by atoms with Crippen molar-refractivity contribution < 1.29 is 9.84 Å². The molecule has 0 radical (unpaired) electrons. The van der Waals surface area contributed by atoms with Gasteiger partial charge in [0, 0.05) is 18.7 Å². The molecule has 1 atom stereocenters. The summed E-state index contributed by atoms with van der Waals surface area (Å²) in [6.45, 7) is 1.21. The molecule has 1 aromatic rings. The van der Waals surface area contributed by atoms with Gasteiger partial charge in [-0.05, 0) is 25.1 Å². The zero-order valence-electron chi connectivity index (χ0n) is 8.10. The maximum Gasteiger partial charge on any atom is 0.137 e. The number of nitrogens with two attached hydrogens (primary N) is 1. The highest BCUT2D eigenvalue weighted by atomic mass is 16.5. The molecule has 14 heavy (non-hydrogen) atoms. The standard InChI is InChI=1S/C10H16N2O2/c11-6-9(3-5-13)8-14-10-2-1-4-12-7-10/h1-2,4,7,9,13H,3,5-6,8,11H2. The average molecular weight is 196 g/mol. The summed E-state index contributed by atoms with van der Waals surface area (Å²) in [6, 6.07) is 3.67. The van der Waals surface area contributed by atoms with E-state index in [0.717, 1.165) is 5.75 Å². The third kappa shape index (κ3) is 3.72. The van der Waals surface area contributed by atoms with E-state index in [1.54, 1.807) is 12.4 Å². The van der Waals surface area contributed by atoms with Gasteiger partial charge in [0.2, 0.25) is 0 Å². The third-order valence-corrected chi connectivity index (χ3v) is 1.99. The highest BCUT2D eigenvalue weighted by Gasteiger charge is 2.06. The van der Waals surface area contributed by atoms with E-state index < -0.39 is 0 Å². The molecule has 0 aromatic carbocycles. The zero-order chi connectivity index (χ0) is 10.2. The molecule has 4 nitrogen and oxygen atoms in total. The van der Waals surface area contributed by atoms with Crippen LogP contribution in [0.3, 0.4) is 0 Å². The molecule has 0 aliphatic carbocycles. The zero-order valence-corrected chi connectivity index (χ0v) is 8.10. The van der Waals surface area contributed by atoms with E-state index in [1.807, 2.05) is 12.1 Å². The van der Waals surface area contributed by atoms with Crippen LogP contribution in [0.1, 0.15) is 6.42 Å². The topological polar surface area (TPSA) is 68.4 Å². The van der Waals surface area contributed by atoms with Crippen molar-refractivity contribution in [1.82, 2.24) is 4.98 Å². The molecule has 3 N–H and O–H groups in total. The van der Waals surface area contributed by atoms with Gasteiger partial charge in [-0.15, -0.1) is 0 Å². The number of pyridine rings is 1. The summed E-state index contributed by atoms with van der Waals surface area (Å²) in [7, 11) is 0. The van der Waals surface area contributed by atoms with Gasteiger partial charge in [0.05, 0.1) is 12.8 Å². The molecule has 1 rings (SSSR count). The van der Waals surface area contributed by atoms with Crippen molar-refractivity contribution in [3.63, 3.8) is 0 Å². The second-order valence-electron chi connectivity index (χ2n) is 3.11. The molecule has 0 amide bonds. The lowest BCUT2D eigenvalue weighted by molar-refractivity contribution is 0.201. The highest BCUT2D eigenvalue weighted by molar-refractivity contribution is 5.15. The number of hydrogen-bond donors (Lipinski definition) is 2. The summed E-state index contributed by atoms with van der Waals surface area (Å²) in [5, 5.41) is 8.74. The van der Waals surface area contributed by atoms with E-state index in [0.29, 0.717) is 19.6 Å². The quantitative estimate of drug-likeness (QED) is 0.691. The molecule has 0 spiro atoms. The molecule has 0 fully saturated rings.